The molecule has 0 amide bonds. The number of aromatic amines is 2. The van der Waals surface area contributed by atoms with E-state index in [0.29, 0.717) is 12.2 Å². The van der Waals surface area contributed by atoms with E-state index in [1.807, 2.05) is 41.4 Å². The highest BCUT2D eigenvalue weighted by Gasteiger charge is 2.03. The van der Waals surface area contributed by atoms with Gasteiger partial charge in [-0.3, -0.25) is 9.97 Å². The van der Waals surface area contributed by atoms with E-state index in [1.165, 1.54) is 0 Å². The summed E-state index contributed by atoms with van der Waals surface area (Å²) in [4.78, 5) is 30.7. The van der Waals surface area contributed by atoms with Gasteiger partial charge >= 0.3 is 11.4 Å². The van der Waals surface area contributed by atoms with Crippen molar-refractivity contribution in [2.45, 2.75) is 6.42 Å². The SMILES string of the molecule is O=c1nc(Cc2ccc3c(Br)cccc3c2)[nH]c(=O)[nH]1. The van der Waals surface area contributed by atoms with Crippen molar-refractivity contribution < 1.29 is 0 Å². The Morgan fingerprint density at radius 1 is 1.10 bits per heavy atom. The molecule has 3 rings (SSSR count). The van der Waals surface area contributed by atoms with Gasteiger partial charge in [0.15, 0.2) is 0 Å². The normalized spacial score (nSPS) is 10.8. The van der Waals surface area contributed by atoms with Crippen molar-refractivity contribution in [2.24, 2.45) is 0 Å². The van der Waals surface area contributed by atoms with Crippen molar-refractivity contribution in [3.05, 3.63) is 73.2 Å². The average Bonchev–Trinajstić information content (AvgIpc) is 2.37. The maximum Gasteiger partial charge on any atom is 0.350 e. The molecule has 20 heavy (non-hydrogen) atoms. The highest BCUT2D eigenvalue weighted by molar-refractivity contribution is 9.10. The minimum atomic E-state index is -0.632. The van der Waals surface area contributed by atoms with Crippen LogP contribution >= 0.6 is 15.9 Å². The summed E-state index contributed by atoms with van der Waals surface area (Å²) in [6, 6.07) is 11.9. The number of nitrogens with one attached hydrogen (secondary N) is 2. The Balaban J connectivity index is 2.03. The van der Waals surface area contributed by atoms with E-state index in [2.05, 4.69) is 25.9 Å². The maximum atomic E-state index is 11.2. The molecule has 0 bridgehead atoms. The van der Waals surface area contributed by atoms with Crippen LogP contribution < -0.4 is 11.4 Å². The molecule has 3 aromatic rings. The van der Waals surface area contributed by atoms with Crippen LogP contribution in [0.25, 0.3) is 10.8 Å². The number of H-pyrrole nitrogens is 2. The third-order valence-electron chi connectivity index (χ3n) is 2.98. The molecule has 1 aromatic heterocycles. The topological polar surface area (TPSA) is 78.6 Å². The van der Waals surface area contributed by atoms with Gasteiger partial charge in [-0.2, -0.15) is 4.98 Å². The Morgan fingerprint density at radius 2 is 1.95 bits per heavy atom. The molecule has 6 heteroatoms. The van der Waals surface area contributed by atoms with Crippen molar-refractivity contribution in [3.63, 3.8) is 0 Å². The summed E-state index contributed by atoms with van der Waals surface area (Å²) in [5.74, 6) is 0.355. The molecule has 0 spiro atoms. The molecular weight excluding hydrogens is 322 g/mol. The lowest BCUT2D eigenvalue weighted by molar-refractivity contribution is 0.848. The lowest BCUT2D eigenvalue weighted by Gasteiger charge is -2.04. The quantitative estimate of drug-likeness (QED) is 0.753. The summed E-state index contributed by atoms with van der Waals surface area (Å²) in [7, 11) is 0. The van der Waals surface area contributed by atoms with Crippen LogP contribution in [-0.4, -0.2) is 15.0 Å². The number of benzene rings is 2. The zero-order valence-electron chi connectivity index (χ0n) is 10.3. The van der Waals surface area contributed by atoms with Crippen LogP contribution in [0.2, 0.25) is 0 Å². The fourth-order valence-electron chi connectivity index (χ4n) is 2.12. The van der Waals surface area contributed by atoms with Gasteiger partial charge in [-0.1, -0.05) is 46.3 Å². The highest BCUT2D eigenvalue weighted by atomic mass is 79.9. The molecule has 0 aliphatic heterocycles. The van der Waals surface area contributed by atoms with Gasteiger partial charge in [0.2, 0.25) is 0 Å². The Hall–Kier alpha value is -2.21. The molecule has 0 unspecified atom stereocenters. The lowest BCUT2D eigenvalue weighted by Crippen LogP contribution is -2.26. The number of hydrogen-bond donors (Lipinski definition) is 2. The number of hydrogen-bond acceptors (Lipinski definition) is 3. The fraction of sp³-hybridized carbons (Fsp3) is 0.0714. The largest absolute Gasteiger partial charge is 0.350 e. The molecule has 1 heterocycles. The first-order valence-corrected chi connectivity index (χ1v) is 6.78. The number of nitrogens with zero attached hydrogens (tertiary/aromatic N) is 1. The van der Waals surface area contributed by atoms with Crippen molar-refractivity contribution in [1.29, 1.82) is 0 Å². The number of halogens is 1. The van der Waals surface area contributed by atoms with Crippen molar-refractivity contribution in [1.82, 2.24) is 15.0 Å². The van der Waals surface area contributed by atoms with E-state index in [-0.39, 0.29) is 0 Å². The van der Waals surface area contributed by atoms with Crippen molar-refractivity contribution in [3.8, 4) is 0 Å². The molecule has 0 saturated carbocycles. The smallest absolute Gasteiger partial charge is 0.295 e. The van der Waals surface area contributed by atoms with E-state index in [4.69, 9.17) is 0 Å². The molecule has 2 aromatic carbocycles. The molecule has 0 radical (unpaired) electrons. The monoisotopic (exact) mass is 331 g/mol. The first kappa shape index (κ1) is 12.8. The highest BCUT2D eigenvalue weighted by Crippen LogP contribution is 2.24. The van der Waals surface area contributed by atoms with Crippen LogP contribution in [-0.2, 0) is 6.42 Å². The first-order chi connectivity index (χ1) is 9.61. The van der Waals surface area contributed by atoms with Crippen LogP contribution in [0.1, 0.15) is 11.4 Å². The van der Waals surface area contributed by atoms with E-state index in [9.17, 15) is 9.59 Å². The van der Waals surface area contributed by atoms with Gasteiger partial charge in [0, 0.05) is 10.9 Å². The summed E-state index contributed by atoms with van der Waals surface area (Å²) in [6.07, 6.45) is 0.404. The van der Waals surface area contributed by atoms with E-state index >= 15 is 0 Å². The molecule has 0 aliphatic rings. The summed E-state index contributed by atoms with van der Waals surface area (Å²) in [5, 5.41) is 2.20. The molecule has 0 aliphatic carbocycles. The van der Waals surface area contributed by atoms with Gasteiger partial charge in [-0.25, -0.2) is 9.59 Å². The van der Waals surface area contributed by atoms with Gasteiger partial charge in [0.25, 0.3) is 0 Å². The van der Waals surface area contributed by atoms with Crippen LogP contribution in [0.3, 0.4) is 0 Å². The first-order valence-electron chi connectivity index (χ1n) is 5.98. The van der Waals surface area contributed by atoms with Crippen LogP contribution in [0.4, 0.5) is 0 Å². The second-order valence-electron chi connectivity index (χ2n) is 4.41. The summed E-state index contributed by atoms with van der Waals surface area (Å²) >= 11 is 3.50. The van der Waals surface area contributed by atoms with E-state index in [1.54, 1.807) is 0 Å². The second-order valence-corrected chi connectivity index (χ2v) is 5.27. The lowest BCUT2D eigenvalue weighted by atomic mass is 10.1. The number of aromatic nitrogens is 3. The van der Waals surface area contributed by atoms with Gasteiger partial charge in [-0.05, 0) is 22.4 Å². The van der Waals surface area contributed by atoms with Crippen LogP contribution in [0, 0.1) is 0 Å². The zero-order chi connectivity index (χ0) is 14.1. The predicted octanol–water partition coefficient (Wildman–Crippen LogP) is 1.96. The Labute approximate surface area is 121 Å². The average molecular weight is 332 g/mol. The minimum Gasteiger partial charge on any atom is -0.295 e. The van der Waals surface area contributed by atoms with Crippen molar-refractivity contribution in [2.75, 3.05) is 0 Å². The van der Waals surface area contributed by atoms with E-state index in [0.717, 1.165) is 20.8 Å². The number of fused-ring (bicyclic) bond motifs is 1. The Morgan fingerprint density at radius 3 is 2.75 bits per heavy atom. The minimum absolute atomic E-state index is 0.355. The van der Waals surface area contributed by atoms with Crippen molar-refractivity contribution >= 4 is 26.7 Å². The summed E-state index contributed by atoms with van der Waals surface area (Å²) in [5.41, 5.74) is -0.194. The summed E-state index contributed by atoms with van der Waals surface area (Å²) < 4.78 is 1.03. The van der Waals surface area contributed by atoms with Gasteiger partial charge in [-0.15, -0.1) is 0 Å². The molecule has 0 saturated heterocycles. The summed E-state index contributed by atoms with van der Waals surface area (Å²) in [6.45, 7) is 0. The van der Waals surface area contributed by atoms with Gasteiger partial charge in [0.05, 0.1) is 0 Å². The molecule has 0 fully saturated rings. The molecule has 5 nitrogen and oxygen atoms in total. The number of rotatable bonds is 2. The van der Waals surface area contributed by atoms with Crippen LogP contribution in [0.5, 0.6) is 0 Å². The molecule has 2 N–H and O–H groups in total. The predicted molar refractivity (Wildman–Crippen MR) is 79.9 cm³/mol. The van der Waals surface area contributed by atoms with E-state index < -0.39 is 11.4 Å². The van der Waals surface area contributed by atoms with Crippen LogP contribution in [0.15, 0.2) is 50.5 Å². The zero-order valence-corrected chi connectivity index (χ0v) is 11.9. The Bertz CT molecular complexity index is 870. The fourth-order valence-corrected chi connectivity index (χ4v) is 2.63. The third-order valence-corrected chi connectivity index (χ3v) is 3.67. The second kappa shape index (κ2) is 5.05. The van der Waals surface area contributed by atoms with Gasteiger partial charge in [0.1, 0.15) is 5.82 Å². The standard InChI is InChI=1S/C14H10BrN3O2/c15-11-3-1-2-9-6-8(4-5-10(9)11)7-12-16-13(19)18-14(20)17-12/h1-6H,7H2,(H2,16,17,18,19,20). The Kier molecular flexibility index (Phi) is 3.23. The molecule has 100 valence electrons. The maximum absolute atomic E-state index is 11.2. The molecular formula is C14H10BrN3O2. The molecule has 0 atom stereocenters. The third kappa shape index (κ3) is 2.55. The van der Waals surface area contributed by atoms with Gasteiger partial charge < -0.3 is 0 Å².